The van der Waals surface area contributed by atoms with Crippen molar-refractivity contribution in [3.8, 4) is 0 Å². The van der Waals surface area contributed by atoms with Crippen LogP contribution in [0.3, 0.4) is 0 Å². The maximum atomic E-state index is 11.9. The molecule has 0 saturated heterocycles. The van der Waals surface area contributed by atoms with E-state index in [1.54, 1.807) is 12.1 Å². The molecule has 0 bridgehead atoms. The highest BCUT2D eigenvalue weighted by Crippen LogP contribution is 2.17. The number of carbonyl (C=O) groups excluding carboxylic acids is 2. The molecule has 4 nitrogen and oxygen atoms in total. The van der Waals surface area contributed by atoms with Crippen LogP contribution in [-0.4, -0.2) is 24.9 Å². The van der Waals surface area contributed by atoms with Crippen molar-refractivity contribution in [2.45, 2.75) is 19.3 Å². The third-order valence-electron chi connectivity index (χ3n) is 3.39. The van der Waals surface area contributed by atoms with Gasteiger partial charge >= 0.3 is 0 Å². The fraction of sp³-hybridized carbons (Fsp3) is 0.375. The third kappa shape index (κ3) is 4.23. The van der Waals surface area contributed by atoms with E-state index in [0.29, 0.717) is 18.7 Å². The van der Waals surface area contributed by atoms with Gasteiger partial charge in [-0.2, -0.15) is 0 Å². The maximum Gasteiger partial charge on any atom is 0.251 e. The predicted molar refractivity (Wildman–Crippen MR) is 78.3 cm³/mol. The van der Waals surface area contributed by atoms with Crippen molar-refractivity contribution in [3.63, 3.8) is 0 Å². The Bertz CT molecular complexity index is 483. The summed E-state index contributed by atoms with van der Waals surface area (Å²) in [6, 6.07) is 9.06. The lowest BCUT2D eigenvalue weighted by molar-refractivity contribution is -0.125. The van der Waals surface area contributed by atoms with Gasteiger partial charge in [-0.25, -0.2) is 0 Å². The van der Waals surface area contributed by atoms with E-state index < -0.39 is 0 Å². The van der Waals surface area contributed by atoms with E-state index in [2.05, 4.69) is 22.8 Å². The highest BCUT2D eigenvalue weighted by Gasteiger charge is 2.17. The molecule has 0 unspecified atom stereocenters. The zero-order valence-electron chi connectivity index (χ0n) is 11.5. The number of hydrogen-bond acceptors (Lipinski definition) is 2. The minimum Gasteiger partial charge on any atom is -0.354 e. The third-order valence-corrected chi connectivity index (χ3v) is 3.39. The Balaban J connectivity index is 1.65. The summed E-state index contributed by atoms with van der Waals surface area (Å²) in [5.74, 6) is 0.0635. The zero-order chi connectivity index (χ0) is 14.2. The summed E-state index contributed by atoms with van der Waals surface area (Å²) in [5, 5.41) is 5.66. The van der Waals surface area contributed by atoms with Crippen molar-refractivity contribution in [1.29, 1.82) is 0 Å². The second-order valence-electron chi connectivity index (χ2n) is 4.89. The monoisotopic (exact) mass is 272 g/mol. The topological polar surface area (TPSA) is 58.2 Å². The average molecular weight is 272 g/mol. The Morgan fingerprint density at radius 1 is 1.05 bits per heavy atom. The quantitative estimate of drug-likeness (QED) is 0.635. The zero-order valence-corrected chi connectivity index (χ0v) is 11.5. The van der Waals surface area contributed by atoms with Crippen molar-refractivity contribution in [3.05, 3.63) is 48.0 Å². The number of rotatable bonds is 5. The van der Waals surface area contributed by atoms with E-state index in [1.807, 2.05) is 18.2 Å². The van der Waals surface area contributed by atoms with Gasteiger partial charge in [-0.3, -0.25) is 9.59 Å². The number of benzene rings is 1. The normalized spacial score (nSPS) is 17.5. The standard InChI is InChI=1S/C16H20N2O2/c19-15(13-7-3-1-4-8-13)17-11-12-18-16(20)14-9-5-2-6-10-14/h1-5,7-8,14H,6,9-12H2,(H,17,19)(H,18,20)/t14-/m0/s1. The first-order chi connectivity index (χ1) is 9.77. The lowest BCUT2D eigenvalue weighted by Gasteiger charge is -2.17. The van der Waals surface area contributed by atoms with Crippen LogP contribution >= 0.6 is 0 Å². The van der Waals surface area contributed by atoms with E-state index in [-0.39, 0.29) is 17.7 Å². The number of hydrogen-bond donors (Lipinski definition) is 2. The molecule has 0 fully saturated rings. The van der Waals surface area contributed by atoms with Crippen LogP contribution in [0.2, 0.25) is 0 Å². The molecular formula is C16H20N2O2. The summed E-state index contributed by atoms with van der Waals surface area (Å²) < 4.78 is 0. The second kappa shape index (κ2) is 7.48. The van der Waals surface area contributed by atoms with Crippen LogP contribution in [0, 0.1) is 5.92 Å². The van der Waals surface area contributed by atoms with Crippen LogP contribution in [0.1, 0.15) is 29.6 Å². The molecule has 1 aromatic rings. The van der Waals surface area contributed by atoms with E-state index in [0.717, 1.165) is 19.3 Å². The molecule has 0 aliphatic heterocycles. The highest BCUT2D eigenvalue weighted by atomic mass is 16.2. The van der Waals surface area contributed by atoms with Gasteiger partial charge in [-0.05, 0) is 31.4 Å². The Labute approximate surface area is 119 Å². The van der Waals surface area contributed by atoms with E-state index in [9.17, 15) is 9.59 Å². The van der Waals surface area contributed by atoms with Gasteiger partial charge < -0.3 is 10.6 Å². The van der Waals surface area contributed by atoms with Gasteiger partial charge in [0.15, 0.2) is 0 Å². The molecule has 1 aromatic carbocycles. The van der Waals surface area contributed by atoms with Gasteiger partial charge in [-0.1, -0.05) is 30.4 Å². The van der Waals surface area contributed by atoms with E-state index in [4.69, 9.17) is 0 Å². The molecule has 2 amide bonds. The molecule has 0 aromatic heterocycles. The summed E-state index contributed by atoms with van der Waals surface area (Å²) in [6.45, 7) is 0.916. The molecule has 0 saturated carbocycles. The lowest BCUT2D eigenvalue weighted by Crippen LogP contribution is -2.37. The van der Waals surface area contributed by atoms with Crippen LogP contribution < -0.4 is 10.6 Å². The van der Waals surface area contributed by atoms with Crippen molar-refractivity contribution in [2.75, 3.05) is 13.1 Å². The molecule has 1 atom stereocenters. The fourth-order valence-corrected chi connectivity index (χ4v) is 2.23. The molecule has 0 spiro atoms. The average Bonchev–Trinajstić information content (AvgIpc) is 2.53. The molecule has 4 heteroatoms. The maximum absolute atomic E-state index is 11.9. The Kier molecular flexibility index (Phi) is 5.35. The predicted octanol–water partition coefficient (Wildman–Crippen LogP) is 1.89. The SMILES string of the molecule is O=C(NCCNC(=O)[C@H]1CC=CCC1)c1ccccc1. The Morgan fingerprint density at radius 3 is 2.50 bits per heavy atom. The van der Waals surface area contributed by atoms with Crippen LogP contribution in [0.4, 0.5) is 0 Å². The summed E-state index contributed by atoms with van der Waals surface area (Å²) >= 11 is 0. The number of amides is 2. The van der Waals surface area contributed by atoms with Crippen molar-refractivity contribution >= 4 is 11.8 Å². The smallest absolute Gasteiger partial charge is 0.251 e. The second-order valence-corrected chi connectivity index (χ2v) is 4.89. The Morgan fingerprint density at radius 2 is 1.80 bits per heavy atom. The van der Waals surface area contributed by atoms with Gasteiger partial charge in [0.1, 0.15) is 0 Å². The van der Waals surface area contributed by atoms with Crippen LogP contribution in [0.5, 0.6) is 0 Å². The molecule has 1 aliphatic rings. The van der Waals surface area contributed by atoms with Crippen molar-refractivity contribution < 1.29 is 9.59 Å². The first kappa shape index (κ1) is 14.3. The summed E-state index contributed by atoms with van der Waals surface area (Å²) in [4.78, 5) is 23.6. The molecule has 2 N–H and O–H groups in total. The number of allylic oxidation sites excluding steroid dienone is 2. The highest BCUT2D eigenvalue weighted by molar-refractivity contribution is 5.94. The molecular weight excluding hydrogens is 252 g/mol. The summed E-state index contributed by atoms with van der Waals surface area (Å²) in [5.41, 5.74) is 0.635. The van der Waals surface area contributed by atoms with Crippen molar-refractivity contribution in [2.24, 2.45) is 5.92 Å². The van der Waals surface area contributed by atoms with Crippen LogP contribution in [0.15, 0.2) is 42.5 Å². The van der Waals surface area contributed by atoms with Crippen LogP contribution in [-0.2, 0) is 4.79 Å². The van der Waals surface area contributed by atoms with Crippen LogP contribution in [0.25, 0.3) is 0 Å². The lowest BCUT2D eigenvalue weighted by atomic mass is 9.94. The van der Waals surface area contributed by atoms with Gasteiger partial charge in [0.2, 0.25) is 5.91 Å². The number of nitrogens with one attached hydrogen (secondary N) is 2. The molecule has 0 radical (unpaired) electrons. The molecule has 2 rings (SSSR count). The van der Waals surface area contributed by atoms with Gasteiger partial charge in [-0.15, -0.1) is 0 Å². The molecule has 20 heavy (non-hydrogen) atoms. The van der Waals surface area contributed by atoms with Crippen molar-refractivity contribution in [1.82, 2.24) is 10.6 Å². The molecule has 0 heterocycles. The minimum atomic E-state index is -0.111. The summed E-state index contributed by atoms with van der Waals surface area (Å²) in [7, 11) is 0. The van der Waals surface area contributed by atoms with Gasteiger partial charge in [0, 0.05) is 24.6 Å². The van der Waals surface area contributed by atoms with E-state index >= 15 is 0 Å². The first-order valence-corrected chi connectivity index (χ1v) is 7.03. The van der Waals surface area contributed by atoms with Gasteiger partial charge in [0.05, 0.1) is 0 Å². The molecule has 106 valence electrons. The molecule has 1 aliphatic carbocycles. The largest absolute Gasteiger partial charge is 0.354 e. The summed E-state index contributed by atoms with van der Waals surface area (Å²) in [6.07, 6.45) is 6.89. The fourth-order valence-electron chi connectivity index (χ4n) is 2.23. The number of carbonyl (C=O) groups is 2. The van der Waals surface area contributed by atoms with Gasteiger partial charge in [0.25, 0.3) is 5.91 Å². The van der Waals surface area contributed by atoms with E-state index in [1.165, 1.54) is 0 Å². The first-order valence-electron chi connectivity index (χ1n) is 7.03. The minimum absolute atomic E-state index is 0.0864. The Hall–Kier alpha value is -2.10.